The molecule has 1 aromatic rings. The summed E-state index contributed by atoms with van der Waals surface area (Å²) in [4.78, 5) is 1.82. The van der Waals surface area contributed by atoms with E-state index in [4.69, 9.17) is 0 Å². The molecule has 0 heterocycles. The fourth-order valence-corrected chi connectivity index (χ4v) is 1.26. The molecule has 0 saturated heterocycles. The van der Waals surface area contributed by atoms with Crippen molar-refractivity contribution < 1.29 is 9.50 Å². The van der Waals surface area contributed by atoms with Gasteiger partial charge in [-0.2, -0.15) is 0 Å². The van der Waals surface area contributed by atoms with Gasteiger partial charge in [0.05, 0.1) is 11.8 Å². The van der Waals surface area contributed by atoms with Crippen molar-refractivity contribution in [3.05, 3.63) is 29.6 Å². The molecule has 0 fully saturated rings. The van der Waals surface area contributed by atoms with E-state index in [0.717, 1.165) is 6.54 Å². The molecular formula is C11H16FNO. The Balaban J connectivity index is 3.01. The van der Waals surface area contributed by atoms with Gasteiger partial charge in [-0.05, 0) is 31.5 Å². The molecule has 78 valence electrons. The van der Waals surface area contributed by atoms with Crippen molar-refractivity contribution in [1.29, 1.82) is 0 Å². The van der Waals surface area contributed by atoms with Crippen LogP contribution in [-0.2, 0) is 0 Å². The van der Waals surface area contributed by atoms with Crippen LogP contribution in [0.1, 0.15) is 25.5 Å². The van der Waals surface area contributed by atoms with Gasteiger partial charge in [0, 0.05) is 13.6 Å². The second kappa shape index (κ2) is 4.42. The van der Waals surface area contributed by atoms with Crippen LogP contribution in [0.25, 0.3) is 0 Å². The summed E-state index contributed by atoms with van der Waals surface area (Å²) in [6.07, 6.45) is -0.620. The maximum atomic E-state index is 13.5. The highest BCUT2D eigenvalue weighted by Gasteiger charge is 2.08. The van der Waals surface area contributed by atoms with Crippen LogP contribution in [0.2, 0.25) is 0 Å². The number of halogens is 1. The molecule has 2 nitrogen and oxygen atoms in total. The van der Waals surface area contributed by atoms with Gasteiger partial charge in [-0.15, -0.1) is 0 Å². The van der Waals surface area contributed by atoms with Crippen LogP contribution < -0.4 is 4.90 Å². The van der Waals surface area contributed by atoms with E-state index in [2.05, 4.69) is 0 Å². The highest BCUT2D eigenvalue weighted by atomic mass is 19.1. The summed E-state index contributed by atoms with van der Waals surface area (Å²) in [5.41, 5.74) is 1.17. The van der Waals surface area contributed by atoms with E-state index in [1.807, 2.05) is 18.9 Å². The Labute approximate surface area is 84.0 Å². The molecule has 0 aliphatic rings. The van der Waals surface area contributed by atoms with Gasteiger partial charge in [-0.3, -0.25) is 0 Å². The summed E-state index contributed by atoms with van der Waals surface area (Å²) in [5, 5.41) is 9.25. The SMILES string of the molecule is CCN(C)c1ccc([C@H](C)O)cc1F. The largest absolute Gasteiger partial charge is 0.389 e. The molecule has 0 aromatic heterocycles. The van der Waals surface area contributed by atoms with Crippen LogP contribution in [0.4, 0.5) is 10.1 Å². The first-order valence-corrected chi connectivity index (χ1v) is 4.75. The van der Waals surface area contributed by atoms with Crippen molar-refractivity contribution >= 4 is 5.69 Å². The number of benzene rings is 1. The summed E-state index contributed by atoms with van der Waals surface area (Å²) in [6, 6.07) is 4.82. The summed E-state index contributed by atoms with van der Waals surface area (Å²) >= 11 is 0. The molecule has 0 unspecified atom stereocenters. The Bertz CT molecular complexity index is 312. The van der Waals surface area contributed by atoms with E-state index >= 15 is 0 Å². The number of hydrogen-bond donors (Lipinski definition) is 1. The molecular weight excluding hydrogens is 181 g/mol. The van der Waals surface area contributed by atoms with Gasteiger partial charge in [0.25, 0.3) is 0 Å². The fourth-order valence-electron chi connectivity index (χ4n) is 1.26. The Morgan fingerprint density at radius 2 is 2.14 bits per heavy atom. The summed E-state index contributed by atoms with van der Waals surface area (Å²) < 4.78 is 13.5. The van der Waals surface area contributed by atoms with Crippen molar-refractivity contribution in [3.8, 4) is 0 Å². The normalized spacial score (nSPS) is 12.6. The maximum Gasteiger partial charge on any atom is 0.146 e. The average molecular weight is 197 g/mol. The second-order valence-electron chi connectivity index (χ2n) is 3.40. The van der Waals surface area contributed by atoms with Crippen LogP contribution in [0.15, 0.2) is 18.2 Å². The van der Waals surface area contributed by atoms with Crippen LogP contribution in [-0.4, -0.2) is 18.7 Å². The maximum absolute atomic E-state index is 13.5. The van der Waals surface area contributed by atoms with Crippen LogP contribution >= 0.6 is 0 Å². The molecule has 0 amide bonds. The second-order valence-corrected chi connectivity index (χ2v) is 3.40. The number of hydrogen-bond acceptors (Lipinski definition) is 2. The van der Waals surface area contributed by atoms with Crippen LogP contribution in [0.5, 0.6) is 0 Å². The first kappa shape index (κ1) is 11.0. The van der Waals surface area contributed by atoms with Crippen molar-refractivity contribution in [1.82, 2.24) is 0 Å². The molecule has 1 atom stereocenters. The lowest BCUT2D eigenvalue weighted by atomic mass is 10.1. The minimum Gasteiger partial charge on any atom is -0.389 e. The van der Waals surface area contributed by atoms with E-state index in [1.165, 1.54) is 6.07 Å². The van der Waals surface area contributed by atoms with Crippen molar-refractivity contribution in [2.45, 2.75) is 20.0 Å². The third kappa shape index (κ3) is 2.23. The van der Waals surface area contributed by atoms with E-state index in [9.17, 15) is 9.50 Å². The third-order valence-electron chi connectivity index (χ3n) is 2.34. The number of aliphatic hydroxyl groups is 1. The molecule has 0 saturated carbocycles. The quantitative estimate of drug-likeness (QED) is 0.804. The molecule has 1 N–H and O–H groups in total. The summed E-state index contributed by atoms with van der Waals surface area (Å²) in [5.74, 6) is -0.284. The minimum atomic E-state index is -0.620. The standard InChI is InChI=1S/C11H16FNO/c1-4-13(3)11-6-5-9(8(2)14)7-10(11)12/h5-8,14H,4H2,1-3H3/t8-/m0/s1. The first-order valence-electron chi connectivity index (χ1n) is 4.75. The zero-order valence-electron chi connectivity index (χ0n) is 8.79. The van der Waals surface area contributed by atoms with Gasteiger partial charge in [-0.25, -0.2) is 4.39 Å². The summed E-state index contributed by atoms with van der Waals surface area (Å²) in [6.45, 7) is 4.34. The van der Waals surface area contributed by atoms with Crippen molar-refractivity contribution in [2.24, 2.45) is 0 Å². The van der Waals surface area contributed by atoms with Crippen LogP contribution in [0, 0.1) is 5.82 Å². The molecule has 14 heavy (non-hydrogen) atoms. The lowest BCUT2D eigenvalue weighted by molar-refractivity contribution is 0.199. The highest BCUT2D eigenvalue weighted by Crippen LogP contribution is 2.22. The fraction of sp³-hybridized carbons (Fsp3) is 0.455. The van der Waals surface area contributed by atoms with Gasteiger partial charge in [0.2, 0.25) is 0 Å². The topological polar surface area (TPSA) is 23.5 Å². The Hall–Kier alpha value is -1.09. The smallest absolute Gasteiger partial charge is 0.146 e. The van der Waals surface area contributed by atoms with Gasteiger partial charge in [-0.1, -0.05) is 6.07 Å². The molecule has 0 bridgehead atoms. The summed E-state index contributed by atoms with van der Waals surface area (Å²) in [7, 11) is 1.83. The van der Waals surface area contributed by atoms with Gasteiger partial charge in [0.1, 0.15) is 5.82 Å². The molecule has 0 aliphatic carbocycles. The Morgan fingerprint density at radius 1 is 1.50 bits per heavy atom. The van der Waals surface area contributed by atoms with Crippen LogP contribution in [0.3, 0.4) is 0 Å². The van der Waals surface area contributed by atoms with Crippen molar-refractivity contribution in [2.75, 3.05) is 18.5 Å². The van der Waals surface area contributed by atoms with E-state index in [1.54, 1.807) is 19.1 Å². The molecule has 1 rings (SSSR count). The molecule has 0 spiro atoms. The number of nitrogens with zero attached hydrogens (tertiary/aromatic N) is 1. The highest BCUT2D eigenvalue weighted by molar-refractivity contribution is 5.48. The number of rotatable bonds is 3. The Morgan fingerprint density at radius 3 is 2.57 bits per heavy atom. The molecule has 1 aromatic carbocycles. The average Bonchev–Trinajstić information content (AvgIpc) is 2.16. The monoisotopic (exact) mass is 197 g/mol. The molecule has 0 radical (unpaired) electrons. The Kier molecular flexibility index (Phi) is 3.47. The molecule has 3 heteroatoms. The zero-order valence-corrected chi connectivity index (χ0v) is 8.79. The lowest BCUT2D eigenvalue weighted by Crippen LogP contribution is -2.17. The predicted molar refractivity (Wildman–Crippen MR) is 56.0 cm³/mol. The van der Waals surface area contributed by atoms with E-state index < -0.39 is 6.10 Å². The molecule has 0 aliphatic heterocycles. The van der Waals surface area contributed by atoms with Gasteiger partial charge >= 0.3 is 0 Å². The van der Waals surface area contributed by atoms with Crippen molar-refractivity contribution in [3.63, 3.8) is 0 Å². The van der Waals surface area contributed by atoms with E-state index in [-0.39, 0.29) is 5.82 Å². The number of anilines is 1. The number of aliphatic hydroxyl groups excluding tert-OH is 1. The first-order chi connectivity index (χ1) is 6.56. The minimum absolute atomic E-state index is 0.284. The zero-order chi connectivity index (χ0) is 10.7. The third-order valence-corrected chi connectivity index (χ3v) is 2.34. The van der Waals surface area contributed by atoms with E-state index in [0.29, 0.717) is 11.3 Å². The van der Waals surface area contributed by atoms with Gasteiger partial charge in [0.15, 0.2) is 0 Å². The lowest BCUT2D eigenvalue weighted by Gasteiger charge is -2.18. The van der Waals surface area contributed by atoms with Gasteiger partial charge < -0.3 is 10.0 Å². The predicted octanol–water partition coefficient (Wildman–Crippen LogP) is 2.34.